The number of carbonyl (C=O) groups is 2. The summed E-state index contributed by atoms with van der Waals surface area (Å²) in [5, 5.41) is 0. The zero-order valence-electron chi connectivity index (χ0n) is 32.8. The van der Waals surface area contributed by atoms with Crippen LogP contribution in [0.4, 0.5) is 0 Å². The third kappa shape index (κ3) is 6.50. The second-order valence-corrected chi connectivity index (χ2v) is 15.1. The molecule has 5 aliphatic rings. The molecule has 0 saturated heterocycles. The zero-order valence-corrected chi connectivity index (χ0v) is 32.8. The molecule has 11 heteroatoms. The minimum absolute atomic E-state index is 0.0893. The molecule has 0 aliphatic carbocycles. The van der Waals surface area contributed by atoms with Crippen LogP contribution in [0.1, 0.15) is 66.2 Å². The van der Waals surface area contributed by atoms with Gasteiger partial charge in [0.1, 0.15) is 5.75 Å². The van der Waals surface area contributed by atoms with Crippen LogP contribution in [0.2, 0.25) is 0 Å². The van der Waals surface area contributed by atoms with Crippen molar-refractivity contribution in [3.05, 3.63) is 129 Å². The van der Waals surface area contributed by atoms with Gasteiger partial charge >= 0.3 is 0 Å². The Balaban J connectivity index is 1.17. The molecule has 2 atom stereocenters. The monoisotopic (exact) mass is 767 g/mol. The molecule has 5 aliphatic heterocycles. The molecule has 0 N–H and O–H groups in total. The molecule has 2 amide bonds. The number of imide groups is 1. The number of benzene rings is 5. The molecule has 5 heterocycles. The summed E-state index contributed by atoms with van der Waals surface area (Å²) in [7, 11) is 9.26. The first-order valence-electron chi connectivity index (χ1n) is 19.3. The molecule has 6 bridgehead atoms. The fourth-order valence-corrected chi connectivity index (χ4v) is 8.72. The number of hydrogen-bond acceptors (Lipinski definition) is 10. The van der Waals surface area contributed by atoms with E-state index in [-0.39, 0.29) is 30.6 Å². The van der Waals surface area contributed by atoms with Crippen molar-refractivity contribution in [3.63, 3.8) is 0 Å². The summed E-state index contributed by atoms with van der Waals surface area (Å²) in [4.78, 5) is 32.2. The van der Waals surface area contributed by atoms with E-state index in [1.165, 1.54) is 11.1 Å². The highest BCUT2D eigenvalue weighted by Crippen LogP contribution is 2.52. The summed E-state index contributed by atoms with van der Waals surface area (Å²) in [6, 6.07) is 27.1. The Bertz CT molecular complexity index is 2360. The normalized spacial score (nSPS) is 18.8. The number of methoxy groups -OCH3 is 3. The van der Waals surface area contributed by atoms with Crippen molar-refractivity contribution in [1.82, 2.24) is 14.7 Å². The third-order valence-electron chi connectivity index (χ3n) is 11.9. The molecule has 0 saturated carbocycles. The lowest BCUT2D eigenvalue weighted by molar-refractivity contribution is 0.0519. The lowest BCUT2D eigenvalue weighted by atomic mass is 9.87. The quantitative estimate of drug-likeness (QED) is 0.159. The first-order chi connectivity index (χ1) is 27.7. The Hall–Kier alpha value is -6.04. The largest absolute Gasteiger partial charge is 0.493 e. The Labute approximate surface area is 332 Å². The van der Waals surface area contributed by atoms with Crippen LogP contribution in [0.3, 0.4) is 0 Å². The van der Waals surface area contributed by atoms with E-state index in [1.54, 1.807) is 45.6 Å². The Morgan fingerprint density at radius 2 is 1.28 bits per heavy atom. The maximum absolute atomic E-state index is 13.2. The maximum Gasteiger partial charge on any atom is 0.264 e. The molecule has 292 valence electrons. The van der Waals surface area contributed by atoms with Gasteiger partial charge in [0.25, 0.3) is 11.8 Å². The van der Waals surface area contributed by atoms with Gasteiger partial charge in [-0.2, -0.15) is 0 Å². The van der Waals surface area contributed by atoms with E-state index in [0.29, 0.717) is 63.5 Å². The van der Waals surface area contributed by atoms with Crippen LogP contribution in [0.5, 0.6) is 46.0 Å². The van der Waals surface area contributed by atoms with Gasteiger partial charge in [0.2, 0.25) is 5.75 Å². The van der Waals surface area contributed by atoms with E-state index < -0.39 is 0 Å². The summed E-state index contributed by atoms with van der Waals surface area (Å²) in [5.74, 6) is 3.72. The fourth-order valence-electron chi connectivity index (χ4n) is 8.72. The highest BCUT2D eigenvalue weighted by atomic mass is 16.5. The lowest BCUT2D eigenvalue weighted by Gasteiger charge is -2.37. The van der Waals surface area contributed by atoms with Crippen LogP contribution >= 0.6 is 0 Å². The summed E-state index contributed by atoms with van der Waals surface area (Å²) in [5.41, 5.74) is 7.43. The van der Waals surface area contributed by atoms with E-state index in [4.69, 9.17) is 28.4 Å². The van der Waals surface area contributed by atoms with Gasteiger partial charge in [-0.3, -0.25) is 19.4 Å². The predicted molar refractivity (Wildman–Crippen MR) is 214 cm³/mol. The highest BCUT2D eigenvalue weighted by Gasteiger charge is 2.37. The molecule has 0 spiro atoms. The van der Waals surface area contributed by atoms with Gasteiger partial charge in [-0.1, -0.05) is 30.3 Å². The number of ether oxygens (including phenoxy) is 6. The third-order valence-corrected chi connectivity index (χ3v) is 11.9. The molecule has 0 radical (unpaired) electrons. The standard InChI is InChI=1S/C46H45N3O8/c1-47-18-16-29-23-38(52-3)40-25-34(29)35(47)20-27-10-13-31(14-11-27)56-39-22-28(12-15-37(39)55-26-49-45(50)32-8-6-7-9-33(32)46(49)51)21-36-42-30(17-19-48(36)2)24-41(53-4)43(54-5)44(42)57-40/h6-15,22-25,35-36H,16-21,26H2,1-5H3/t35-,36+/m0/s1. The Morgan fingerprint density at radius 1 is 0.649 bits per heavy atom. The van der Waals surface area contributed by atoms with Gasteiger partial charge in [-0.15, -0.1) is 0 Å². The second-order valence-electron chi connectivity index (χ2n) is 15.1. The van der Waals surface area contributed by atoms with Crippen molar-refractivity contribution in [3.8, 4) is 46.0 Å². The van der Waals surface area contributed by atoms with Crippen LogP contribution < -0.4 is 28.4 Å². The minimum atomic E-state index is -0.387. The van der Waals surface area contributed by atoms with E-state index >= 15 is 0 Å². The Kier molecular flexibility index (Phi) is 9.50. The van der Waals surface area contributed by atoms with Crippen molar-refractivity contribution >= 4 is 11.8 Å². The van der Waals surface area contributed by atoms with Crippen molar-refractivity contribution in [2.75, 3.05) is 55.2 Å². The number of amides is 2. The van der Waals surface area contributed by atoms with Gasteiger partial charge in [-0.25, -0.2) is 4.90 Å². The van der Waals surface area contributed by atoms with Gasteiger partial charge < -0.3 is 28.4 Å². The van der Waals surface area contributed by atoms with Crippen molar-refractivity contribution < 1.29 is 38.0 Å². The molecule has 0 fully saturated rings. The van der Waals surface area contributed by atoms with E-state index in [9.17, 15) is 9.59 Å². The van der Waals surface area contributed by atoms with Crippen LogP contribution in [0, 0.1) is 0 Å². The van der Waals surface area contributed by atoms with E-state index in [2.05, 4.69) is 54.2 Å². The van der Waals surface area contributed by atoms with Gasteiger partial charge in [0.15, 0.2) is 41.2 Å². The number of likely N-dealkylation sites (N-methyl/N-ethyl adjacent to an activating group) is 2. The Morgan fingerprint density at radius 3 is 1.98 bits per heavy atom. The smallest absolute Gasteiger partial charge is 0.264 e. The average molecular weight is 768 g/mol. The zero-order chi connectivity index (χ0) is 39.4. The number of carbonyl (C=O) groups excluding carboxylic acids is 2. The van der Waals surface area contributed by atoms with E-state index in [1.807, 2.05) is 30.3 Å². The average Bonchev–Trinajstić information content (AvgIpc) is 3.47. The van der Waals surface area contributed by atoms with Gasteiger partial charge in [0.05, 0.1) is 32.5 Å². The molecule has 5 aromatic carbocycles. The number of fused-ring (bicyclic) bond motifs is 3. The molecular weight excluding hydrogens is 723 g/mol. The summed E-state index contributed by atoms with van der Waals surface area (Å²) in [6.45, 7) is 1.47. The van der Waals surface area contributed by atoms with Crippen LogP contribution in [0.15, 0.2) is 84.9 Å². The molecule has 57 heavy (non-hydrogen) atoms. The van der Waals surface area contributed by atoms with Crippen LogP contribution in [-0.2, 0) is 25.7 Å². The molecule has 0 aromatic heterocycles. The van der Waals surface area contributed by atoms with Crippen molar-refractivity contribution in [2.45, 2.75) is 37.8 Å². The van der Waals surface area contributed by atoms with Crippen LogP contribution in [-0.4, -0.2) is 81.8 Å². The van der Waals surface area contributed by atoms with E-state index in [0.717, 1.165) is 59.5 Å². The second kappa shape index (κ2) is 14.8. The SMILES string of the molecule is COc1cc2c3cc1Oc1c(OC)c(OC)cc4c1[C@@H](Cc1ccc(OCN5C(=O)c6ccccc6C5=O)c(c1)Oc1ccc(cc1)C[C@@H]3N(C)CC2)N(C)CC4. The molecule has 10 rings (SSSR count). The highest BCUT2D eigenvalue weighted by molar-refractivity contribution is 6.21. The van der Waals surface area contributed by atoms with Gasteiger partial charge in [-0.05, 0) is 122 Å². The molecule has 11 nitrogen and oxygen atoms in total. The fraction of sp³-hybridized carbons (Fsp3) is 0.304. The summed E-state index contributed by atoms with van der Waals surface area (Å²) >= 11 is 0. The first-order valence-corrected chi connectivity index (χ1v) is 19.3. The number of hydrogen-bond donors (Lipinski definition) is 0. The van der Waals surface area contributed by atoms with Crippen LogP contribution in [0.25, 0.3) is 0 Å². The molecular formula is C46H45N3O8. The molecule has 0 unspecified atom stereocenters. The maximum atomic E-state index is 13.2. The predicted octanol–water partition coefficient (Wildman–Crippen LogP) is 7.79. The van der Waals surface area contributed by atoms with Crippen molar-refractivity contribution in [1.29, 1.82) is 0 Å². The minimum Gasteiger partial charge on any atom is -0.493 e. The lowest BCUT2D eigenvalue weighted by Crippen LogP contribution is -2.34. The van der Waals surface area contributed by atoms with Crippen molar-refractivity contribution in [2.24, 2.45) is 0 Å². The topological polar surface area (TPSA) is 99.2 Å². The number of nitrogens with zero attached hydrogens (tertiary/aromatic N) is 3. The number of rotatable bonds is 6. The van der Waals surface area contributed by atoms with Gasteiger partial charge in [0, 0.05) is 30.7 Å². The summed E-state index contributed by atoms with van der Waals surface area (Å²) < 4.78 is 37.9. The molecule has 5 aromatic rings. The first kappa shape index (κ1) is 36.6. The summed E-state index contributed by atoms with van der Waals surface area (Å²) in [6.07, 6.45) is 3.05.